The van der Waals surface area contributed by atoms with Gasteiger partial charge in [0.15, 0.2) is 0 Å². The third-order valence-electron chi connectivity index (χ3n) is 2.45. The summed E-state index contributed by atoms with van der Waals surface area (Å²) in [4.78, 5) is 0. The molecule has 5 heteroatoms. The van der Waals surface area contributed by atoms with Crippen LogP contribution < -0.4 is 0 Å². The summed E-state index contributed by atoms with van der Waals surface area (Å²) >= 11 is 0. The summed E-state index contributed by atoms with van der Waals surface area (Å²) < 4.78 is 38.3. The van der Waals surface area contributed by atoms with Crippen molar-refractivity contribution in [1.82, 2.24) is 0 Å². The molecule has 0 saturated heterocycles. The zero-order valence-electron chi connectivity index (χ0n) is 9.04. The molecule has 0 radical (unpaired) electrons. The van der Waals surface area contributed by atoms with E-state index in [9.17, 15) is 18.3 Å². The van der Waals surface area contributed by atoms with Crippen molar-refractivity contribution in [3.8, 4) is 11.8 Å². The molecule has 92 valence electrons. The molecule has 1 rings (SSSR count). The third-order valence-corrected chi connectivity index (χ3v) is 2.45. The van der Waals surface area contributed by atoms with E-state index in [1.807, 2.05) is 0 Å². The van der Waals surface area contributed by atoms with E-state index in [0.29, 0.717) is 0 Å². The van der Waals surface area contributed by atoms with Crippen LogP contribution in [0.4, 0.5) is 13.2 Å². The maximum absolute atomic E-state index is 13.4. The molecular formula is C12H12F3NO. The Morgan fingerprint density at radius 2 is 2.00 bits per heavy atom. The minimum Gasteiger partial charge on any atom is -0.508 e. The first-order chi connectivity index (χ1) is 8.10. The van der Waals surface area contributed by atoms with Gasteiger partial charge in [-0.25, -0.2) is 8.78 Å². The molecule has 0 spiro atoms. The van der Waals surface area contributed by atoms with Gasteiger partial charge in [0, 0.05) is 18.4 Å². The lowest BCUT2D eigenvalue weighted by atomic mass is 9.99. The molecule has 0 aliphatic heterocycles. The van der Waals surface area contributed by atoms with Crippen molar-refractivity contribution in [1.29, 1.82) is 5.26 Å². The predicted molar refractivity (Wildman–Crippen MR) is 56.9 cm³/mol. The summed E-state index contributed by atoms with van der Waals surface area (Å²) in [7, 11) is 0. The summed E-state index contributed by atoms with van der Waals surface area (Å²) in [6.45, 7) is -0.937. The number of halogens is 3. The SMILES string of the molecule is N#Cc1cccc(O)c1CC(F)C(F)CCF. The van der Waals surface area contributed by atoms with Gasteiger partial charge in [0.1, 0.15) is 18.1 Å². The molecule has 17 heavy (non-hydrogen) atoms. The number of phenols is 1. The molecule has 0 aromatic heterocycles. The third kappa shape index (κ3) is 3.38. The van der Waals surface area contributed by atoms with E-state index in [0.717, 1.165) is 0 Å². The molecule has 0 aliphatic carbocycles. The summed E-state index contributed by atoms with van der Waals surface area (Å²) in [6, 6.07) is 5.94. The number of hydrogen-bond acceptors (Lipinski definition) is 2. The summed E-state index contributed by atoms with van der Waals surface area (Å²) in [5.74, 6) is -0.251. The van der Waals surface area contributed by atoms with E-state index in [4.69, 9.17) is 5.26 Å². The zero-order chi connectivity index (χ0) is 12.8. The van der Waals surface area contributed by atoms with Crippen molar-refractivity contribution in [3.63, 3.8) is 0 Å². The largest absolute Gasteiger partial charge is 0.508 e. The normalized spacial score (nSPS) is 14.0. The highest BCUT2D eigenvalue weighted by Gasteiger charge is 2.23. The topological polar surface area (TPSA) is 44.0 Å². The van der Waals surface area contributed by atoms with Gasteiger partial charge >= 0.3 is 0 Å². The second-order valence-electron chi connectivity index (χ2n) is 3.63. The first-order valence-corrected chi connectivity index (χ1v) is 5.15. The Kier molecular flexibility index (Phi) is 4.83. The average Bonchev–Trinajstić information content (AvgIpc) is 2.31. The molecule has 2 atom stereocenters. The number of rotatable bonds is 5. The fraction of sp³-hybridized carbons (Fsp3) is 0.417. The van der Waals surface area contributed by atoms with Crippen LogP contribution in [0.1, 0.15) is 17.5 Å². The van der Waals surface area contributed by atoms with Crippen LogP contribution in [0.5, 0.6) is 5.75 Å². The number of benzene rings is 1. The Balaban J connectivity index is 2.84. The minimum absolute atomic E-state index is 0.0593. The molecular weight excluding hydrogens is 231 g/mol. The highest BCUT2D eigenvalue weighted by atomic mass is 19.2. The lowest BCUT2D eigenvalue weighted by molar-refractivity contribution is 0.148. The molecule has 0 amide bonds. The smallest absolute Gasteiger partial charge is 0.135 e. The number of hydrogen-bond donors (Lipinski definition) is 1. The molecule has 1 aromatic carbocycles. The van der Waals surface area contributed by atoms with Crippen LogP contribution in [0.3, 0.4) is 0 Å². The van der Waals surface area contributed by atoms with Crippen molar-refractivity contribution in [2.45, 2.75) is 25.2 Å². The number of aromatic hydroxyl groups is 1. The van der Waals surface area contributed by atoms with Gasteiger partial charge in [-0.05, 0) is 12.1 Å². The Morgan fingerprint density at radius 1 is 1.29 bits per heavy atom. The second kappa shape index (κ2) is 6.14. The number of phenolic OH excluding ortho intramolecular Hbond substituents is 1. The molecule has 0 bridgehead atoms. The van der Waals surface area contributed by atoms with Gasteiger partial charge in [-0.3, -0.25) is 4.39 Å². The van der Waals surface area contributed by atoms with Crippen molar-refractivity contribution in [2.75, 3.05) is 6.67 Å². The van der Waals surface area contributed by atoms with Crippen LogP contribution in [-0.4, -0.2) is 24.1 Å². The van der Waals surface area contributed by atoms with Crippen molar-refractivity contribution in [2.24, 2.45) is 0 Å². The van der Waals surface area contributed by atoms with E-state index in [-0.39, 0.29) is 16.9 Å². The lowest BCUT2D eigenvalue weighted by Crippen LogP contribution is -2.21. The van der Waals surface area contributed by atoms with E-state index in [2.05, 4.69) is 0 Å². The maximum Gasteiger partial charge on any atom is 0.135 e. The summed E-state index contributed by atoms with van der Waals surface area (Å²) in [6.07, 6.45) is -4.80. The fourth-order valence-corrected chi connectivity index (χ4v) is 1.50. The summed E-state index contributed by atoms with van der Waals surface area (Å²) in [5, 5.41) is 18.2. The van der Waals surface area contributed by atoms with Gasteiger partial charge in [0.25, 0.3) is 0 Å². The molecule has 0 saturated carbocycles. The van der Waals surface area contributed by atoms with Crippen molar-refractivity contribution in [3.05, 3.63) is 29.3 Å². The predicted octanol–water partition coefficient (Wildman–Crippen LogP) is 2.84. The first-order valence-electron chi connectivity index (χ1n) is 5.15. The quantitative estimate of drug-likeness (QED) is 0.864. The monoisotopic (exact) mass is 243 g/mol. The Labute approximate surface area is 97.3 Å². The molecule has 0 fully saturated rings. The molecule has 2 nitrogen and oxygen atoms in total. The van der Waals surface area contributed by atoms with Crippen LogP contribution >= 0.6 is 0 Å². The molecule has 0 aliphatic rings. The Hall–Kier alpha value is -1.70. The fourth-order valence-electron chi connectivity index (χ4n) is 1.50. The standard InChI is InChI=1S/C12H12F3NO/c13-5-4-10(14)11(15)6-9-8(7-16)2-1-3-12(9)17/h1-3,10-11,17H,4-6H2. The average molecular weight is 243 g/mol. The van der Waals surface area contributed by atoms with Crippen LogP contribution in [0.15, 0.2) is 18.2 Å². The van der Waals surface area contributed by atoms with Gasteiger partial charge in [-0.1, -0.05) is 6.07 Å². The number of nitrogens with zero attached hydrogens (tertiary/aromatic N) is 1. The Bertz CT molecular complexity index is 417. The highest BCUT2D eigenvalue weighted by Crippen LogP contribution is 2.25. The first kappa shape index (κ1) is 13.4. The van der Waals surface area contributed by atoms with Crippen LogP contribution in [0.25, 0.3) is 0 Å². The molecule has 0 heterocycles. The van der Waals surface area contributed by atoms with E-state index in [1.165, 1.54) is 18.2 Å². The van der Waals surface area contributed by atoms with E-state index >= 15 is 0 Å². The van der Waals surface area contributed by atoms with Crippen LogP contribution in [0.2, 0.25) is 0 Å². The molecule has 1 aromatic rings. The van der Waals surface area contributed by atoms with Crippen LogP contribution in [0, 0.1) is 11.3 Å². The number of nitriles is 1. The molecule has 2 unspecified atom stereocenters. The van der Waals surface area contributed by atoms with Gasteiger partial charge < -0.3 is 5.11 Å². The van der Waals surface area contributed by atoms with E-state index < -0.39 is 31.9 Å². The molecule has 1 N–H and O–H groups in total. The lowest BCUT2D eigenvalue weighted by Gasteiger charge is -2.13. The van der Waals surface area contributed by atoms with Crippen molar-refractivity contribution >= 4 is 0 Å². The maximum atomic E-state index is 13.4. The van der Waals surface area contributed by atoms with Gasteiger partial charge in [0.2, 0.25) is 0 Å². The number of alkyl halides is 3. The highest BCUT2D eigenvalue weighted by molar-refractivity contribution is 5.46. The zero-order valence-corrected chi connectivity index (χ0v) is 9.04. The van der Waals surface area contributed by atoms with Crippen LogP contribution in [-0.2, 0) is 6.42 Å². The second-order valence-corrected chi connectivity index (χ2v) is 3.63. The van der Waals surface area contributed by atoms with Gasteiger partial charge in [-0.2, -0.15) is 5.26 Å². The van der Waals surface area contributed by atoms with Crippen molar-refractivity contribution < 1.29 is 18.3 Å². The van der Waals surface area contributed by atoms with Gasteiger partial charge in [0.05, 0.1) is 18.3 Å². The minimum atomic E-state index is -1.92. The summed E-state index contributed by atoms with van der Waals surface area (Å²) in [5.41, 5.74) is 0.157. The van der Waals surface area contributed by atoms with Gasteiger partial charge in [-0.15, -0.1) is 0 Å². The Morgan fingerprint density at radius 3 is 2.59 bits per heavy atom. The van der Waals surface area contributed by atoms with E-state index in [1.54, 1.807) is 6.07 Å².